The Morgan fingerprint density at radius 1 is 1.24 bits per heavy atom. The Labute approximate surface area is 157 Å². The molecular weight excluding hydrogens is 365 g/mol. The number of anilines is 2. The van der Waals surface area contributed by atoms with Crippen LogP contribution in [0.1, 0.15) is 24.2 Å². The summed E-state index contributed by atoms with van der Waals surface area (Å²) in [7, 11) is 0. The quantitative estimate of drug-likeness (QED) is 0.741. The lowest BCUT2D eigenvalue weighted by molar-refractivity contribution is -0.143. The smallest absolute Gasteiger partial charge is 0.328 e. The number of hydrogen-bond acceptors (Lipinski definition) is 5. The van der Waals surface area contributed by atoms with Crippen LogP contribution in [0, 0.1) is 0 Å². The highest BCUT2D eigenvalue weighted by molar-refractivity contribution is 6.30. The van der Waals surface area contributed by atoms with Crippen molar-refractivity contribution in [3.8, 4) is 0 Å². The van der Waals surface area contributed by atoms with E-state index in [1.807, 2.05) is 0 Å². The van der Waals surface area contributed by atoms with Gasteiger partial charge in [0.2, 0.25) is 0 Å². The standard InChI is InChI=1S/C17H18ClN3O3.ClH/c1-3-24-17(23)11(2)20-15-14(5-4-10-19-15)21-16(22)12-6-8-13(18)9-7-12;/h4-11H,3H2,1-2H3,(H,19,20)(H,21,22);1H/t11-;/m0./s1. The van der Waals surface area contributed by atoms with Gasteiger partial charge in [-0.2, -0.15) is 0 Å². The van der Waals surface area contributed by atoms with Crippen molar-refractivity contribution in [2.75, 3.05) is 17.2 Å². The van der Waals surface area contributed by atoms with Gasteiger partial charge in [-0.05, 0) is 50.2 Å². The lowest BCUT2D eigenvalue weighted by Crippen LogP contribution is -2.29. The molecule has 0 radical (unpaired) electrons. The lowest BCUT2D eigenvalue weighted by atomic mass is 10.2. The molecular formula is C17H19Cl2N3O3. The summed E-state index contributed by atoms with van der Waals surface area (Å²) in [5.74, 6) is -0.301. The Morgan fingerprint density at radius 2 is 1.92 bits per heavy atom. The average Bonchev–Trinajstić information content (AvgIpc) is 2.57. The van der Waals surface area contributed by atoms with E-state index in [4.69, 9.17) is 16.3 Å². The molecule has 2 aromatic rings. The summed E-state index contributed by atoms with van der Waals surface area (Å²) in [4.78, 5) is 28.2. The van der Waals surface area contributed by atoms with E-state index in [1.165, 1.54) is 0 Å². The predicted octanol–water partition coefficient (Wildman–Crippen LogP) is 3.77. The first-order valence-electron chi connectivity index (χ1n) is 7.46. The molecule has 6 nitrogen and oxygen atoms in total. The SMILES string of the molecule is CCOC(=O)[C@H](C)Nc1ncccc1NC(=O)c1ccc(Cl)cc1.Cl. The average molecular weight is 384 g/mol. The van der Waals surface area contributed by atoms with Crippen LogP contribution in [0.25, 0.3) is 0 Å². The molecule has 0 saturated carbocycles. The molecule has 8 heteroatoms. The van der Waals surface area contributed by atoms with Crippen molar-refractivity contribution in [3.05, 3.63) is 53.2 Å². The number of nitrogens with one attached hydrogen (secondary N) is 2. The number of carbonyl (C=O) groups excluding carboxylic acids is 2. The van der Waals surface area contributed by atoms with Gasteiger partial charge in [0, 0.05) is 16.8 Å². The molecule has 1 amide bonds. The van der Waals surface area contributed by atoms with E-state index in [9.17, 15) is 9.59 Å². The first-order chi connectivity index (χ1) is 11.5. The van der Waals surface area contributed by atoms with E-state index >= 15 is 0 Å². The summed E-state index contributed by atoms with van der Waals surface area (Å²) in [5.41, 5.74) is 0.932. The van der Waals surface area contributed by atoms with Gasteiger partial charge in [-0.1, -0.05) is 11.6 Å². The summed E-state index contributed by atoms with van der Waals surface area (Å²) in [6.07, 6.45) is 1.57. The number of hydrogen-bond donors (Lipinski definition) is 2. The van der Waals surface area contributed by atoms with E-state index < -0.39 is 12.0 Å². The molecule has 0 aliphatic rings. The number of carbonyl (C=O) groups is 2. The van der Waals surface area contributed by atoms with Gasteiger partial charge in [0.25, 0.3) is 5.91 Å². The van der Waals surface area contributed by atoms with Crippen molar-refractivity contribution in [2.45, 2.75) is 19.9 Å². The second-order valence-electron chi connectivity index (χ2n) is 4.98. The molecule has 0 spiro atoms. The van der Waals surface area contributed by atoms with Crippen molar-refractivity contribution in [1.82, 2.24) is 4.98 Å². The fourth-order valence-corrected chi connectivity index (χ4v) is 2.07. The topological polar surface area (TPSA) is 80.3 Å². The Morgan fingerprint density at radius 3 is 2.56 bits per heavy atom. The third kappa shape index (κ3) is 5.92. The minimum absolute atomic E-state index is 0. The summed E-state index contributed by atoms with van der Waals surface area (Å²) in [6.45, 7) is 3.70. The van der Waals surface area contributed by atoms with E-state index in [0.717, 1.165) is 0 Å². The van der Waals surface area contributed by atoms with Gasteiger partial charge in [-0.15, -0.1) is 12.4 Å². The number of benzene rings is 1. The summed E-state index contributed by atoms with van der Waals surface area (Å²) in [5, 5.41) is 6.26. The zero-order valence-corrected chi connectivity index (χ0v) is 15.4. The molecule has 1 aromatic heterocycles. The Bertz CT molecular complexity index is 723. The lowest BCUT2D eigenvalue weighted by Gasteiger charge is -2.16. The minimum Gasteiger partial charge on any atom is -0.464 e. The number of ether oxygens (including phenoxy) is 1. The number of nitrogens with zero attached hydrogens (tertiary/aromatic N) is 1. The van der Waals surface area contributed by atoms with Gasteiger partial charge in [0.15, 0.2) is 0 Å². The molecule has 2 rings (SSSR count). The molecule has 134 valence electrons. The molecule has 25 heavy (non-hydrogen) atoms. The van der Waals surface area contributed by atoms with E-state index in [-0.39, 0.29) is 18.3 Å². The molecule has 0 fully saturated rings. The normalized spacial score (nSPS) is 11.0. The third-order valence-corrected chi connectivity index (χ3v) is 3.41. The third-order valence-electron chi connectivity index (χ3n) is 3.16. The van der Waals surface area contributed by atoms with Crippen LogP contribution in [0.3, 0.4) is 0 Å². The molecule has 0 aliphatic heterocycles. The zero-order chi connectivity index (χ0) is 17.5. The molecule has 0 bridgehead atoms. The largest absolute Gasteiger partial charge is 0.464 e. The van der Waals surface area contributed by atoms with Crippen LogP contribution < -0.4 is 10.6 Å². The fraction of sp³-hybridized carbons (Fsp3) is 0.235. The summed E-state index contributed by atoms with van der Waals surface area (Å²) < 4.78 is 4.95. The number of aromatic nitrogens is 1. The summed E-state index contributed by atoms with van der Waals surface area (Å²) in [6, 6.07) is 9.33. The highest BCUT2D eigenvalue weighted by atomic mass is 35.5. The predicted molar refractivity (Wildman–Crippen MR) is 101 cm³/mol. The molecule has 1 atom stereocenters. The van der Waals surface area contributed by atoms with E-state index in [1.54, 1.807) is 56.4 Å². The molecule has 2 N–H and O–H groups in total. The maximum atomic E-state index is 12.3. The molecule has 0 unspecified atom stereocenters. The van der Waals surface area contributed by atoms with Crippen molar-refractivity contribution in [1.29, 1.82) is 0 Å². The number of rotatable bonds is 6. The second kappa shape index (κ2) is 9.86. The minimum atomic E-state index is -0.592. The highest BCUT2D eigenvalue weighted by Crippen LogP contribution is 2.20. The number of pyridine rings is 1. The van der Waals surface area contributed by atoms with Gasteiger partial charge in [-0.25, -0.2) is 9.78 Å². The number of halogens is 2. The highest BCUT2D eigenvalue weighted by Gasteiger charge is 2.17. The van der Waals surface area contributed by atoms with Crippen LogP contribution in [0.4, 0.5) is 11.5 Å². The van der Waals surface area contributed by atoms with Crippen LogP contribution in [0.15, 0.2) is 42.6 Å². The first kappa shape index (κ1) is 20.7. The Kier molecular flexibility index (Phi) is 8.18. The molecule has 0 aliphatic carbocycles. The maximum Gasteiger partial charge on any atom is 0.328 e. The first-order valence-corrected chi connectivity index (χ1v) is 7.84. The van der Waals surface area contributed by atoms with Crippen LogP contribution in [0.2, 0.25) is 5.02 Å². The second-order valence-corrected chi connectivity index (χ2v) is 5.42. The number of amides is 1. The Hall–Kier alpha value is -2.31. The zero-order valence-electron chi connectivity index (χ0n) is 13.8. The van der Waals surface area contributed by atoms with Crippen molar-refractivity contribution in [3.63, 3.8) is 0 Å². The van der Waals surface area contributed by atoms with Crippen LogP contribution in [0.5, 0.6) is 0 Å². The van der Waals surface area contributed by atoms with Gasteiger partial charge in [0.1, 0.15) is 11.9 Å². The maximum absolute atomic E-state index is 12.3. The van der Waals surface area contributed by atoms with Gasteiger partial charge in [0.05, 0.1) is 12.3 Å². The fourth-order valence-electron chi connectivity index (χ4n) is 1.95. The summed E-state index contributed by atoms with van der Waals surface area (Å²) >= 11 is 5.82. The van der Waals surface area contributed by atoms with Crippen LogP contribution in [-0.4, -0.2) is 29.5 Å². The van der Waals surface area contributed by atoms with E-state index in [0.29, 0.717) is 28.7 Å². The van der Waals surface area contributed by atoms with Gasteiger partial charge >= 0.3 is 5.97 Å². The molecule has 0 saturated heterocycles. The van der Waals surface area contributed by atoms with Crippen LogP contribution in [-0.2, 0) is 9.53 Å². The van der Waals surface area contributed by atoms with Crippen LogP contribution >= 0.6 is 24.0 Å². The monoisotopic (exact) mass is 383 g/mol. The van der Waals surface area contributed by atoms with Crippen molar-refractivity contribution < 1.29 is 14.3 Å². The molecule has 1 heterocycles. The van der Waals surface area contributed by atoms with Gasteiger partial charge in [-0.3, -0.25) is 4.79 Å². The number of esters is 1. The van der Waals surface area contributed by atoms with Gasteiger partial charge < -0.3 is 15.4 Å². The Balaban J connectivity index is 0.00000312. The van der Waals surface area contributed by atoms with Crippen molar-refractivity contribution >= 4 is 47.4 Å². The molecule has 1 aromatic carbocycles. The van der Waals surface area contributed by atoms with E-state index in [2.05, 4.69) is 15.6 Å². The van der Waals surface area contributed by atoms with Crippen molar-refractivity contribution in [2.24, 2.45) is 0 Å².